The van der Waals surface area contributed by atoms with Crippen molar-refractivity contribution in [2.75, 3.05) is 23.3 Å². The Morgan fingerprint density at radius 3 is 2.22 bits per heavy atom. The van der Waals surface area contributed by atoms with E-state index in [-0.39, 0.29) is 5.91 Å². The van der Waals surface area contributed by atoms with Crippen LogP contribution in [0.25, 0.3) is 11.3 Å². The average molecular weight is 444 g/mol. The van der Waals surface area contributed by atoms with Gasteiger partial charge in [0.1, 0.15) is 11.5 Å². The van der Waals surface area contributed by atoms with Gasteiger partial charge in [0.25, 0.3) is 5.91 Å². The number of nitrogens with one attached hydrogen (secondary N) is 1. The maximum atomic E-state index is 12.6. The molecule has 0 saturated carbocycles. The van der Waals surface area contributed by atoms with E-state index in [0.29, 0.717) is 10.7 Å². The lowest BCUT2D eigenvalue weighted by molar-refractivity contribution is 0.102. The largest absolute Gasteiger partial charge is 0.457 e. The van der Waals surface area contributed by atoms with Crippen LogP contribution in [0, 0.1) is 0 Å². The van der Waals surface area contributed by atoms with Gasteiger partial charge in [0.15, 0.2) is 5.13 Å². The number of aromatic nitrogens is 1. The van der Waals surface area contributed by atoms with Crippen molar-refractivity contribution in [2.45, 2.75) is 13.8 Å². The highest BCUT2D eigenvalue weighted by Crippen LogP contribution is 2.28. The van der Waals surface area contributed by atoms with Crippen LogP contribution in [0.3, 0.4) is 0 Å². The lowest BCUT2D eigenvalue weighted by Gasteiger charge is -2.20. The predicted octanol–water partition coefficient (Wildman–Crippen LogP) is 6.70. The highest BCUT2D eigenvalue weighted by molar-refractivity contribution is 7.14. The molecule has 0 aliphatic carbocycles. The zero-order chi connectivity index (χ0) is 22.3. The molecule has 0 saturated heterocycles. The molecule has 0 aliphatic heterocycles. The van der Waals surface area contributed by atoms with Crippen molar-refractivity contribution in [1.82, 2.24) is 4.98 Å². The van der Waals surface area contributed by atoms with E-state index in [1.807, 2.05) is 84.2 Å². The summed E-state index contributed by atoms with van der Waals surface area (Å²) in [5.41, 5.74) is 3.50. The summed E-state index contributed by atoms with van der Waals surface area (Å²) >= 11 is 1.41. The standard InChI is InChI=1S/C26H25N3O2S/c1-3-29(4-2)21-14-10-20(11-15-21)25(30)28-26-27-24(18-32-26)19-12-16-23(17-13-19)31-22-8-6-5-7-9-22/h5-18H,3-4H2,1-2H3,(H,27,28,30). The first kappa shape index (κ1) is 21.6. The number of nitrogens with zero attached hydrogens (tertiary/aromatic N) is 2. The summed E-state index contributed by atoms with van der Waals surface area (Å²) in [6.45, 7) is 6.11. The quantitative estimate of drug-likeness (QED) is 0.329. The molecule has 32 heavy (non-hydrogen) atoms. The van der Waals surface area contributed by atoms with Crippen LogP contribution in [0.1, 0.15) is 24.2 Å². The molecule has 4 rings (SSSR count). The third-order valence-electron chi connectivity index (χ3n) is 5.11. The topological polar surface area (TPSA) is 54.5 Å². The number of carbonyl (C=O) groups excluding carboxylic acids is 1. The van der Waals surface area contributed by atoms with Crippen molar-refractivity contribution in [3.8, 4) is 22.8 Å². The summed E-state index contributed by atoms with van der Waals surface area (Å²) in [4.78, 5) is 19.4. The molecule has 162 valence electrons. The molecule has 5 nitrogen and oxygen atoms in total. The predicted molar refractivity (Wildman–Crippen MR) is 132 cm³/mol. The molecule has 1 aromatic heterocycles. The van der Waals surface area contributed by atoms with Crippen molar-refractivity contribution < 1.29 is 9.53 Å². The van der Waals surface area contributed by atoms with Crippen LogP contribution >= 0.6 is 11.3 Å². The van der Waals surface area contributed by atoms with Crippen LogP contribution in [-0.4, -0.2) is 24.0 Å². The number of hydrogen-bond donors (Lipinski definition) is 1. The van der Waals surface area contributed by atoms with E-state index < -0.39 is 0 Å². The highest BCUT2D eigenvalue weighted by Gasteiger charge is 2.11. The molecule has 1 heterocycles. The molecule has 0 aliphatic rings. The van der Waals surface area contributed by atoms with E-state index in [1.54, 1.807) is 0 Å². The number of thiazole rings is 1. The first-order chi connectivity index (χ1) is 15.7. The molecule has 0 unspecified atom stereocenters. The van der Waals surface area contributed by atoms with E-state index in [4.69, 9.17) is 4.74 Å². The summed E-state index contributed by atoms with van der Waals surface area (Å²) < 4.78 is 5.84. The number of carbonyl (C=O) groups is 1. The fourth-order valence-corrected chi connectivity index (χ4v) is 4.08. The Balaban J connectivity index is 1.39. The molecule has 6 heteroatoms. The van der Waals surface area contributed by atoms with Crippen LogP contribution in [-0.2, 0) is 0 Å². The molecule has 0 atom stereocenters. The van der Waals surface area contributed by atoms with Gasteiger partial charge in [-0.25, -0.2) is 4.98 Å². The van der Waals surface area contributed by atoms with Crippen molar-refractivity contribution in [1.29, 1.82) is 0 Å². The summed E-state index contributed by atoms with van der Waals surface area (Å²) in [6, 6.07) is 25.1. The average Bonchev–Trinajstić information content (AvgIpc) is 3.30. The lowest BCUT2D eigenvalue weighted by Crippen LogP contribution is -2.21. The number of amides is 1. The molecule has 1 N–H and O–H groups in total. The van der Waals surface area contributed by atoms with Gasteiger partial charge in [-0.2, -0.15) is 0 Å². The second kappa shape index (κ2) is 10.1. The number of hydrogen-bond acceptors (Lipinski definition) is 5. The second-order valence-electron chi connectivity index (χ2n) is 7.15. The molecule has 3 aromatic carbocycles. The molecule has 0 bridgehead atoms. The van der Waals surface area contributed by atoms with Gasteiger partial charge in [-0.1, -0.05) is 18.2 Å². The number of anilines is 2. The van der Waals surface area contributed by atoms with E-state index in [2.05, 4.69) is 29.0 Å². The van der Waals surface area contributed by atoms with Crippen LogP contribution < -0.4 is 15.0 Å². The van der Waals surface area contributed by atoms with Crippen LogP contribution in [0.4, 0.5) is 10.8 Å². The monoisotopic (exact) mass is 443 g/mol. The molecular weight excluding hydrogens is 418 g/mol. The third kappa shape index (κ3) is 5.15. The molecule has 4 aromatic rings. The SMILES string of the molecule is CCN(CC)c1ccc(C(=O)Nc2nc(-c3ccc(Oc4ccccc4)cc3)cs2)cc1. The minimum atomic E-state index is -0.163. The summed E-state index contributed by atoms with van der Waals surface area (Å²) in [5.74, 6) is 1.39. The number of benzene rings is 3. The third-order valence-corrected chi connectivity index (χ3v) is 5.87. The van der Waals surface area contributed by atoms with Gasteiger partial charge in [-0.15, -0.1) is 11.3 Å². The minimum Gasteiger partial charge on any atom is -0.457 e. The van der Waals surface area contributed by atoms with Gasteiger partial charge >= 0.3 is 0 Å². The molecule has 0 spiro atoms. The molecular formula is C26H25N3O2S. The summed E-state index contributed by atoms with van der Waals surface area (Å²) in [7, 11) is 0. The van der Waals surface area contributed by atoms with Gasteiger partial charge in [0.2, 0.25) is 0 Å². The van der Waals surface area contributed by atoms with Crippen molar-refractivity contribution in [3.05, 3.63) is 89.8 Å². The Morgan fingerprint density at radius 2 is 1.56 bits per heavy atom. The number of ether oxygens (including phenoxy) is 1. The maximum Gasteiger partial charge on any atom is 0.257 e. The van der Waals surface area contributed by atoms with Crippen molar-refractivity contribution >= 4 is 28.1 Å². The van der Waals surface area contributed by atoms with Crippen LogP contribution in [0.5, 0.6) is 11.5 Å². The Morgan fingerprint density at radius 1 is 0.906 bits per heavy atom. The van der Waals surface area contributed by atoms with Gasteiger partial charge in [-0.05, 0) is 74.5 Å². The summed E-state index contributed by atoms with van der Waals surface area (Å²) in [6.07, 6.45) is 0. The zero-order valence-corrected chi connectivity index (χ0v) is 18.9. The maximum absolute atomic E-state index is 12.6. The Bertz CT molecular complexity index is 1150. The van der Waals surface area contributed by atoms with Gasteiger partial charge in [-0.3, -0.25) is 10.1 Å². The van der Waals surface area contributed by atoms with Crippen LogP contribution in [0.2, 0.25) is 0 Å². The number of para-hydroxylation sites is 1. The first-order valence-corrected chi connectivity index (χ1v) is 11.5. The fourth-order valence-electron chi connectivity index (χ4n) is 3.36. The smallest absolute Gasteiger partial charge is 0.257 e. The highest BCUT2D eigenvalue weighted by atomic mass is 32.1. The Hall–Kier alpha value is -3.64. The van der Waals surface area contributed by atoms with E-state index in [0.717, 1.165) is 41.5 Å². The van der Waals surface area contributed by atoms with Gasteiger partial charge < -0.3 is 9.64 Å². The van der Waals surface area contributed by atoms with E-state index in [9.17, 15) is 4.79 Å². The fraction of sp³-hybridized carbons (Fsp3) is 0.154. The molecule has 0 radical (unpaired) electrons. The normalized spacial score (nSPS) is 10.6. The number of rotatable bonds is 8. The Labute approximate surface area is 192 Å². The minimum absolute atomic E-state index is 0.163. The van der Waals surface area contributed by atoms with Crippen molar-refractivity contribution in [2.24, 2.45) is 0 Å². The van der Waals surface area contributed by atoms with E-state index >= 15 is 0 Å². The molecule has 0 fully saturated rings. The zero-order valence-electron chi connectivity index (χ0n) is 18.1. The van der Waals surface area contributed by atoms with Gasteiger partial charge in [0.05, 0.1) is 5.69 Å². The Kier molecular flexibility index (Phi) is 6.82. The first-order valence-electron chi connectivity index (χ1n) is 10.6. The van der Waals surface area contributed by atoms with Crippen LogP contribution in [0.15, 0.2) is 84.2 Å². The summed E-state index contributed by atoms with van der Waals surface area (Å²) in [5, 5.41) is 5.41. The lowest BCUT2D eigenvalue weighted by atomic mass is 10.2. The molecule has 1 amide bonds. The second-order valence-corrected chi connectivity index (χ2v) is 8.01. The van der Waals surface area contributed by atoms with E-state index in [1.165, 1.54) is 11.3 Å². The van der Waals surface area contributed by atoms with Crippen molar-refractivity contribution in [3.63, 3.8) is 0 Å². The van der Waals surface area contributed by atoms with Gasteiger partial charge in [0, 0.05) is 35.3 Å².